The summed E-state index contributed by atoms with van der Waals surface area (Å²) in [6, 6.07) is -2.16. The van der Waals surface area contributed by atoms with Gasteiger partial charge in [0, 0.05) is 18.8 Å². The van der Waals surface area contributed by atoms with Crippen LogP contribution in [-0.4, -0.2) is 58.4 Å². The molecule has 28 heavy (non-hydrogen) atoms. The number of carbonyl (C=O) groups excluding carboxylic acids is 3. The van der Waals surface area contributed by atoms with Crippen LogP contribution in [0.3, 0.4) is 0 Å². The molecule has 0 aromatic rings. The third-order valence-corrected chi connectivity index (χ3v) is 4.10. The molecule has 0 spiro atoms. The van der Waals surface area contributed by atoms with E-state index in [1.807, 2.05) is 0 Å². The number of Topliss-reactive ketones (excluding diaryl/α,β-unsaturated/α-hetero) is 1. The van der Waals surface area contributed by atoms with Crippen molar-refractivity contribution in [1.82, 2.24) is 10.6 Å². The van der Waals surface area contributed by atoms with Gasteiger partial charge in [-0.15, -0.1) is 6.58 Å². The maximum Gasteiger partial charge on any atom is 0.325 e. The number of carboxylic acid groups (broad SMARTS) is 2. The van der Waals surface area contributed by atoms with E-state index in [0.29, 0.717) is 6.42 Å². The quantitative estimate of drug-likeness (QED) is 0.247. The van der Waals surface area contributed by atoms with Crippen molar-refractivity contribution >= 4 is 29.5 Å². The molecule has 0 radical (unpaired) electrons. The summed E-state index contributed by atoms with van der Waals surface area (Å²) in [5.74, 6) is -4.29. The van der Waals surface area contributed by atoms with Gasteiger partial charge >= 0.3 is 11.9 Å². The first kappa shape index (κ1) is 25.2. The molecule has 4 atom stereocenters. The molecule has 0 saturated heterocycles. The summed E-state index contributed by atoms with van der Waals surface area (Å²) in [4.78, 5) is 57.0. The van der Waals surface area contributed by atoms with Crippen molar-refractivity contribution in [3.8, 4) is 0 Å². The molecule has 10 nitrogen and oxygen atoms in total. The normalized spacial score (nSPS) is 14.8. The van der Waals surface area contributed by atoms with Crippen LogP contribution < -0.4 is 16.4 Å². The Morgan fingerprint density at radius 2 is 1.68 bits per heavy atom. The highest BCUT2D eigenvalue weighted by molar-refractivity contribution is 5.88. The van der Waals surface area contributed by atoms with Crippen LogP contribution in [0.4, 0.5) is 0 Å². The fraction of sp³-hybridized carbons (Fsp3) is 0.611. The van der Waals surface area contributed by atoms with Gasteiger partial charge in [-0.3, -0.25) is 24.0 Å². The second kappa shape index (κ2) is 12.6. The number of hydrogen-bond acceptors (Lipinski definition) is 6. The van der Waals surface area contributed by atoms with E-state index < -0.39 is 41.8 Å². The zero-order chi connectivity index (χ0) is 21.9. The first-order valence-electron chi connectivity index (χ1n) is 8.90. The molecule has 0 aromatic carbocycles. The fourth-order valence-corrected chi connectivity index (χ4v) is 2.40. The predicted molar refractivity (Wildman–Crippen MR) is 100 cm³/mol. The lowest BCUT2D eigenvalue weighted by Gasteiger charge is -2.17. The number of ketones is 1. The van der Waals surface area contributed by atoms with E-state index in [0.717, 1.165) is 0 Å². The van der Waals surface area contributed by atoms with E-state index in [2.05, 4.69) is 17.2 Å². The van der Waals surface area contributed by atoms with E-state index in [1.54, 1.807) is 6.92 Å². The third kappa shape index (κ3) is 10.4. The predicted octanol–water partition coefficient (Wildman–Crippen LogP) is -0.328. The second-order valence-corrected chi connectivity index (χ2v) is 6.74. The van der Waals surface area contributed by atoms with Gasteiger partial charge in [0.15, 0.2) is 0 Å². The molecule has 2 amide bonds. The number of carbonyl (C=O) groups is 5. The van der Waals surface area contributed by atoms with Crippen LogP contribution in [0.2, 0.25) is 0 Å². The Morgan fingerprint density at radius 1 is 1.07 bits per heavy atom. The highest BCUT2D eigenvalue weighted by Gasteiger charge is 2.22. The molecule has 10 heteroatoms. The zero-order valence-electron chi connectivity index (χ0n) is 16.1. The SMILES string of the molecule is C=CC(C[C@H](C)CC(=O)NCC(=O)N[C@H](C)C(=O)O)C(=O)CC[C@H](N)C(=O)O. The molecule has 1 unspecified atom stereocenters. The van der Waals surface area contributed by atoms with Crippen molar-refractivity contribution in [3.05, 3.63) is 12.7 Å². The Bertz CT molecular complexity index is 606. The first-order valence-corrected chi connectivity index (χ1v) is 8.90. The van der Waals surface area contributed by atoms with E-state index >= 15 is 0 Å². The van der Waals surface area contributed by atoms with Crippen molar-refractivity contribution in [2.45, 2.75) is 51.6 Å². The summed E-state index contributed by atoms with van der Waals surface area (Å²) < 4.78 is 0. The lowest BCUT2D eigenvalue weighted by molar-refractivity contribution is -0.141. The minimum absolute atomic E-state index is 0.00496. The molecule has 6 N–H and O–H groups in total. The van der Waals surface area contributed by atoms with Gasteiger partial charge in [0.25, 0.3) is 0 Å². The number of hydrogen-bond donors (Lipinski definition) is 5. The Hall–Kier alpha value is -2.75. The Balaban J connectivity index is 4.35. The number of rotatable bonds is 14. The lowest BCUT2D eigenvalue weighted by atomic mass is 9.88. The van der Waals surface area contributed by atoms with Gasteiger partial charge in [-0.05, 0) is 25.7 Å². The number of allylic oxidation sites excluding steroid dienone is 1. The van der Waals surface area contributed by atoms with Gasteiger partial charge in [-0.2, -0.15) is 0 Å². The van der Waals surface area contributed by atoms with Gasteiger partial charge in [0.05, 0.1) is 6.54 Å². The number of aliphatic carboxylic acids is 2. The first-order chi connectivity index (χ1) is 13.0. The monoisotopic (exact) mass is 399 g/mol. The van der Waals surface area contributed by atoms with Crippen molar-refractivity contribution in [1.29, 1.82) is 0 Å². The van der Waals surface area contributed by atoms with Crippen LogP contribution in [0.5, 0.6) is 0 Å². The lowest BCUT2D eigenvalue weighted by Crippen LogP contribution is -2.44. The standard InChI is InChI=1S/C18H29N3O7/c1-4-12(14(22)6-5-13(19)18(27)28)7-10(2)8-15(23)20-9-16(24)21-11(3)17(25)26/h4,10-13H,1,5-9,19H2,2-3H3,(H,20,23)(H,21,24)(H,25,26)(H,27,28)/t10-,11+,12?,13-/m0/s1. The molecular formula is C18H29N3O7. The average molecular weight is 399 g/mol. The van der Waals surface area contributed by atoms with Crippen LogP contribution >= 0.6 is 0 Å². The molecule has 0 bridgehead atoms. The largest absolute Gasteiger partial charge is 0.480 e. The van der Waals surface area contributed by atoms with Gasteiger partial charge in [0.2, 0.25) is 11.8 Å². The van der Waals surface area contributed by atoms with E-state index in [9.17, 15) is 24.0 Å². The fourth-order valence-electron chi connectivity index (χ4n) is 2.40. The van der Waals surface area contributed by atoms with Crippen LogP contribution in [0.1, 0.15) is 39.5 Å². The van der Waals surface area contributed by atoms with Gasteiger partial charge in [0.1, 0.15) is 17.9 Å². The van der Waals surface area contributed by atoms with Crippen molar-refractivity contribution in [2.75, 3.05) is 6.54 Å². The number of amides is 2. The smallest absolute Gasteiger partial charge is 0.325 e. The molecule has 0 fully saturated rings. The Labute approximate surface area is 163 Å². The molecule has 0 saturated carbocycles. The Kier molecular flexibility index (Phi) is 11.4. The molecule has 0 rings (SSSR count). The summed E-state index contributed by atoms with van der Waals surface area (Å²) >= 11 is 0. The zero-order valence-corrected chi connectivity index (χ0v) is 16.1. The maximum atomic E-state index is 12.2. The minimum atomic E-state index is -1.18. The van der Waals surface area contributed by atoms with Crippen LogP contribution in [0.15, 0.2) is 12.7 Å². The summed E-state index contributed by atoms with van der Waals surface area (Å²) in [5, 5.41) is 22.0. The van der Waals surface area contributed by atoms with Crippen LogP contribution in [-0.2, 0) is 24.0 Å². The van der Waals surface area contributed by atoms with E-state index in [-0.39, 0.29) is 37.5 Å². The molecule has 0 aromatic heterocycles. The minimum Gasteiger partial charge on any atom is -0.480 e. The Morgan fingerprint density at radius 3 is 2.18 bits per heavy atom. The van der Waals surface area contributed by atoms with Crippen molar-refractivity contribution < 1.29 is 34.2 Å². The average Bonchev–Trinajstić information content (AvgIpc) is 2.61. The van der Waals surface area contributed by atoms with Crippen LogP contribution in [0.25, 0.3) is 0 Å². The van der Waals surface area contributed by atoms with Gasteiger partial charge < -0.3 is 26.6 Å². The number of nitrogens with two attached hydrogens (primary N) is 1. The molecule has 0 aliphatic rings. The number of carboxylic acids is 2. The van der Waals surface area contributed by atoms with Gasteiger partial charge in [-0.25, -0.2) is 0 Å². The topological polar surface area (TPSA) is 176 Å². The van der Waals surface area contributed by atoms with Crippen LogP contribution in [0, 0.1) is 11.8 Å². The highest BCUT2D eigenvalue weighted by atomic mass is 16.4. The highest BCUT2D eigenvalue weighted by Crippen LogP contribution is 2.19. The van der Waals surface area contributed by atoms with Crippen molar-refractivity contribution in [3.63, 3.8) is 0 Å². The summed E-state index contributed by atoms with van der Waals surface area (Å²) in [5.41, 5.74) is 5.38. The van der Waals surface area contributed by atoms with Gasteiger partial charge in [-0.1, -0.05) is 13.0 Å². The molecule has 158 valence electrons. The molecule has 0 heterocycles. The molecular weight excluding hydrogens is 370 g/mol. The molecule has 0 aliphatic heterocycles. The second-order valence-electron chi connectivity index (χ2n) is 6.74. The number of nitrogens with one attached hydrogen (secondary N) is 2. The molecule has 0 aliphatic carbocycles. The van der Waals surface area contributed by atoms with E-state index in [4.69, 9.17) is 15.9 Å². The van der Waals surface area contributed by atoms with Crippen molar-refractivity contribution in [2.24, 2.45) is 17.6 Å². The maximum absolute atomic E-state index is 12.2. The third-order valence-electron chi connectivity index (χ3n) is 4.10. The summed E-state index contributed by atoms with van der Waals surface area (Å²) in [6.45, 7) is 6.33. The summed E-state index contributed by atoms with van der Waals surface area (Å²) in [7, 11) is 0. The summed E-state index contributed by atoms with van der Waals surface area (Å²) in [6.07, 6.45) is 1.90. The van der Waals surface area contributed by atoms with E-state index in [1.165, 1.54) is 13.0 Å².